The number of aromatic hydroxyl groups is 1. The molecular weight excluding hydrogens is 312 g/mol. The lowest BCUT2D eigenvalue weighted by atomic mass is 10.2. The van der Waals surface area contributed by atoms with Crippen LogP contribution in [0.4, 0.5) is 23.1 Å². The van der Waals surface area contributed by atoms with Crippen molar-refractivity contribution in [3.8, 4) is 5.75 Å². The van der Waals surface area contributed by atoms with E-state index in [0.29, 0.717) is 17.5 Å². The van der Waals surface area contributed by atoms with E-state index in [1.54, 1.807) is 18.2 Å². The number of para-hydroxylation sites is 4. The van der Waals surface area contributed by atoms with Gasteiger partial charge in [-0.15, -0.1) is 0 Å². The molecule has 0 unspecified atom stereocenters. The van der Waals surface area contributed by atoms with Crippen LogP contribution in [0.15, 0.2) is 78.9 Å². The zero-order valence-electron chi connectivity index (χ0n) is 13.3. The summed E-state index contributed by atoms with van der Waals surface area (Å²) in [6.07, 6.45) is 0. The minimum Gasteiger partial charge on any atom is -0.506 e. The van der Waals surface area contributed by atoms with E-state index in [9.17, 15) is 5.11 Å². The number of rotatable bonds is 4. The summed E-state index contributed by atoms with van der Waals surface area (Å²) in [6.45, 7) is 0. The molecule has 0 radical (unpaired) electrons. The number of benzene rings is 3. The third-order valence-corrected chi connectivity index (χ3v) is 3.79. The molecule has 0 fully saturated rings. The van der Waals surface area contributed by atoms with E-state index in [1.807, 2.05) is 60.7 Å². The minimum absolute atomic E-state index is 0.150. The van der Waals surface area contributed by atoms with Gasteiger partial charge in [0.15, 0.2) is 0 Å². The van der Waals surface area contributed by atoms with Crippen LogP contribution < -0.4 is 10.6 Å². The number of hydrogen-bond donors (Lipinski definition) is 3. The lowest BCUT2D eigenvalue weighted by molar-refractivity contribution is 0.477. The van der Waals surface area contributed by atoms with Gasteiger partial charge in [0.25, 0.3) is 0 Å². The fraction of sp³-hybridized carbons (Fsp3) is 0. The van der Waals surface area contributed by atoms with Crippen LogP contribution in [-0.2, 0) is 0 Å². The lowest BCUT2D eigenvalue weighted by Gasteiger charge is -2.12. The molecular formula is C20H16N4O. The van der Waals surface area contributed by atoms with Crippen LogP contribution in [-0.4, -0.2) is 15.1 Å². The second-order valence-corrected chi connectivity index (χ2v) is 5.55. The summed E-state index contributed by atoms with van der Waals surface area (Å²) in [7, 11) is 0. The van der Waals surface area contributed by atoms with Gasteiger partial charge in [-0.05, 0) is 36.4 Å². The predicted molar refractivity (Wildman–Crippen MR) is 101 cm³/mol. The van der Waals surface area contributed by atoms with E-state index < -0.39 is 0 Å². The Morgan fingerprint density at radius 2 is 1.40 bits per heavy atom. The van der Waals surface area contributed by atoms with Crippen molar-refractivity contribution in [2.24, 2.45) is 0 Å². The Kier molecular flexibility index (Phi) is 3.88. The lowest BCUT2D eigenvalue weighted by Crippen LogP contribution is -2.02. The number of fused-ring (bicyclic) bond motifs is 1. The van der Waals surface area contributed by atoms with E-state index in [-0.39, 0.29) is 5.75 Å². The highest BCUT2D eigenvalue weighted by atomic mass is 16.3. The van der Waals surface area contributed by atoms with Gasteiger partial charge in [0.2, 0.25) is 5.95 Å². The Balaban J connectivity index is 1.77. The number of phenolic OH excluding ortho intramolecular Hbond substituents is 1. The highest BCUT2D eigenvalue weighted by Crippen LogP contribution is 2.28. The zero-order chi connectivity index (χ0) is 17.1. The van der Waals surface area contributed by atoms with Crippen molar-refractivity contribution in [1.82, 2.24) is 9.97 Å². The Morgan fingerprint density at radius 1 is 0.680 bits per heavy atom. The van der Waals surface area contributed by atoms with Crippen molar-refractivity contribution < 1.29 is 5.11 Å². The second-order valence-electron chi connectivity index (χ2n) is 5.55. The molecule has 1 heterocycles. The number of aromatic nitrogens is 2. The Bertz CT molecular complexity index is 1020. The average molecular weight is 328 g/mol. The third kappa shape index (κ3) is 3.21. The molecule has 0 atom stereocenters. The summed E-state index contributed by atoms with van der Waals surface area (Å²) < 4.78 is 0. The van der Waals surface area contributed by atoms with E-state index in [0.717, 1.165) is 16.6 Å². The molecule has 4 aromatic rings. The normalized spacial score (nSPS) is 10.6. The molecule has 5 heteroatoms. The summed E-state index contributed by atoms with van der Waals surface area (Å²) in [4.78, 5) is 9.13. The highest BCUT2D eigenvalue weighted by Gasteiger charge is 2.09. The molecule has 0 aliphatic heterocycles. The van der Waals surface area contributed by atoms with Gasteiger partial charge in [0.05, 0.1) is 11.2 Å². The molecule has 0 aliphatic carbocycles. The summed E-state index contributed by atoms with van der Waals surface area (Å²) in [5.74, 6) is 1.27. The molecule has 5 nitrogen and oxygen atoms in total. The fourth-order valence-corrected chi connectivity index (χ4v) is 2.59. The van der Waals surface area contributed by atoms with E-state index in [2.05, 4.69) is 20.6 Å². The van der Waals surface area contributed by atoms with Crippen LogP contribution in [0, 0.1) is 0 Å². The van der Waals surface area contributed by atoms with Crippen LogP contribution in [0.2, 0.25) is 0 Å². The molecule has 25 heavy (non-hydrogen) atoms. The first-order chi connectivity index (χ1) is 12.3. The van der Waals surface area contributed by atoms with Crippen LogP contribution in [0.1, 0.15) is 0 Å². The second kappa shape index (κ2) is 6.49. The van der Waals surface area contributed by atoms with Crippen LogP contribution in [0.25, 0.3) is 10.9 Å². The highest BCUT2D eigenvalue weighted by molar-refractivity contribution is 5.92. The minimum atomic E-state index is 0.150. The summed E-state index contributed by atoms with van der Waals surface area (Å²) in [5.41, 5.74) is 2.32. The van der Waals surface area contributed by atoms with Gasteiger partial charge in [0.1, 0.15) is 11.6 Å². The Morgan fingerprint density at radius 3 is 2.24 bits per heavy atom. The SMILES string of the molecule is Oc1ccccc1Nc1nc(Nc2ccccc2)c2ccccc2n1. The van der Waals surface area contributed by atoms with Crippen molar-refractivity contribution in [1.29, 1.82) is 0 Å². The van der Waals surface area contributed by atoms with Crippen molar-refractivity contribution in [2.75, 3.05) is 10.6 Å². The summed E-state index contributed by atoms with van der Waals surface area (Å²) >= 11 is 0. The van der Waals surface area contributed by atoms with E-state index >= 15 is 0 Å². The zero-order valence-corrected chi connectivity index (χ0v) is 13.3. The molecule has 0 saturated carbocycles. The molecule has 0 spiro atoms. The summed E-state index contributed by atoms with van der Waals surface area (Å²) in [6, 6.07) is 24.7. The van der Waals surface area contributed by atoms with Crippen LogP contribution in [0.3, 0.4) is 0 Å². The topological polar surface area (TPSA) is 70.1 Å². The van der Waals surface area contributed by atoms with Gasteiger partial charge in [-0.2, -0.15) is 4.98 Å². The van der Waals surface area contributed by atoms with Crippen LogP contribution >= 0.6 is 0 Å². The first-order valence-corrected chi connectivity index (χ1v) is 7.93. The number of phenols is 1. The van der Waals surface area contributed by atoms with Crippen molar-refractivity contribution in [3.05, 3.63) is 78.9 Å². The van der Waals surface area contributed by atoms with Crippen LogP contribution in [0.5, 0.6) is 5.75 Å². The first-order valence-electron chi connectivity index (χ1n) is 7.93. The third-order valence-electron chi connectivity index (χ3n) is 3.79. The maximum absolute atomic E-state index is 9.96. The van der Waals surface area contributed by atoms with Crippen molar-refractivity contribution in [3.63, 3.8) is 0 Å². The van der Waals surface area contributed by atoms with Gasteiger partial charge in [-0.25, -0.2) is 4.98 Å². The van der Waals surface area contributed by atoms with Crippen molar-refractivity contribution in [2.45, 2.75) is 0 Å². The maximum Gasteiger partial charge on any atom is 0.229 e. The quantitative estimate of drug-likeness (QED) is 0.468. The average Bonchev–Trinajstić information content (AvgIpc) is 2.65. The van der Waals surface area contributed by atoms with Crippen molar-refractivity contribution >= 4 is 34.0 Å². The fourth-order valence-electron chi connectivity index (χ4n) is 2.59. The molecule has 3 N–H and O–H groups in total. The monoisotopic (exact) mass is 328 g/mol. The predicted octanol–water partition coefficient (Wildman–Crippen LogP) is 4.82. The molecule has 3 aromatic carbocycles. The largest absolute Gasteiger partial charge is 0.506 e. The number of nitrogens with one attached hydrogen (secondary N) is 2. The standard InChI is InChI=1S/C20H16N4O/c25-18-13-7-6-12-17(18)23-20-22-16-11-5-4-10-15(16)19(24-20)21-14-8-2-1-3-9-14/h1-13,25H,(H2,21,22,23,24). The Labute approximate surface area is 145 Å². The number of nitrogens with zero attached hydrogens (tertiary/aromatic N) is 2. The molecule has 122 valence electrons. The van der Waals surface area contributed by atoms with E-state index in [4.69, 9.17) is 0 Å². The molecule has 0 aliphatic rings. The molecule has 0 amide bonds. The first kappa shape index (κ1) is 15.0. The smallest absolute Gasteiger partial charge is 0.229 e. The number of hydrogen-bond acceptors (Lipinski definition) is 5. The maximum atomic E-state index is 9.96. The van der Waals surface area contributed by atoms with Gasteiger partial charge in [0, 0.05) is 11.1 Å². The van der Waals surface area contributed by atoms with Gasteiger partial charge in [-0.3, -0.25) is 0 Å². The number of anilines is 4. The molecule has 4 rings (SSSR count). The van der Waals surface area contributed by atoms with E-state index in [1.165, 1.54) is 0 Å². The summed E-state index contributed by atoms with van der Waals surface area (Å²) in [5, 5.41) is 17.3. The van der Waals surface area contributed by atoms with Gasteiger partial charge in [-0.1, -0.05) is 42.5 Å². The Hall–Kier alpha value is -3.60. The molecule has 1 aromatic heterocycles. The van der Waals surface area contributed by atoms with Gasteiger partial charge >= 0.3 is 0 Å². The van der Waals surface area contributed by atoms with Gasteiger partial charge < -0.3 is 15.7 Å². The molecule has 0 saturated heterocycles. The molecule has 0 bridgehead atoms.